The van der Waals surface area contributed by atoms with E-state index >= 15 is 0 Å². The van der Waals surface area contributed by atoms with Gasteiger partial charge in [0.25, 0.3) is 0 Å². The molecule has 0 saturated carbocycles. The predicted molar refractivity (Wildman–Crippen MR) is 85.4 cm³/mol. The summed E-state index contributed by atoms with van der Waals surface area (Å²) in [6.45, 7) is 9.86. The summed E-state index contributed by atoms with van der Waals surface area (Å²) < 4.78 is 0. The zero-order valence-electron chi connectivity index (χ0n) is 13.3. The SMILES string of the molecule is CC(C)NCc1cnc(N2CCC(N3CCCC3)C2)cn1. The summed E-state index contributed by atoms with van der Waals surface area (Å²) in [4.78, 5) is 14.2. The van der Waals surface area contributed by atoms with Crippen molar-refractivity contribution in [2.24, 2.45) is 0 Å². The van der Waals surface area contributed by atoms with Crippen LogP contribution in [0.1, 0.15) is 38.8 Å². The fourth-order valence-electron chi connectivity index (χ4n) is 3.27. The minimum absolute atomic E-state index is 0.478. The van der Waals surface area contributed by atoms with Crippen molar-refractivity contribution in [1.29, 1.82) is 0 Å². The molecule has 2 fully saturated rings. The maximum Gasteiger partial charge on any atom is 0.147 e. The quantitative estimate of drug-likeness (QED) is 0.893. The Morgan fingerprint density at radius 1 is 1.19 bits per heavy atom. The summed E-state index contributed by atoms with van der Waals surface area (Å²) in [5, 5.41) is 3.37. The van der Waals surface area contributed by atoms with Gasteiger partial charge in [-0.25, -0.2) is 4.98 Å². The number of aromatic nitrogens is 2. The molecule has 2 aliphatic rings. The third-order valence-electron chi connectivity index (χ3n) is 4.53. The van der Waals surface area contributed by atoms with Gasteiger partial charge in [0.15, 0.2) is 0 Å². The fourth-order valence-corrected chi connectivity index (χ4v) is 3.27. The first-order chi connectivity index (χ1) is 10.2. The summed E-state index contributed by atoms with van der Waals surface area (Å²) in [5.41, 5.74) is 1.02. The second-order valence-electron chi connectivity index (χ2n) is 6.53. The molecule has 21 heavy (non-hydrogen) atoms. The minimum atomic E-state index is 0.478. The van der Waals surface area contributed by atoms with Crippen molar-refractivity contribution in [2.75, 3.05) is 31.1 Å². The van der Waals surface area contributed by atoms with E-state index in [0.717, 1.165) is 37.2 Å². The summed E-state index contributed by atoms with van der Waals surface area (Å²) in [5.74, 6) is 1.03. The molecule has 0 spiro atoms. The number of hydrogen-bond acceptors (Lipinski definition) is 5. The highest BCUT2D eigenvalue weighted by atomic mass is 15.3. The Balaban J connectivity index is 1.55. The van der Waals surface area contributed by atoms with Crippen LogP contribution in [0.3, 0.4) is 0 Å². The van der Waals surface area contributed by atoms with Crippen molar-refractivity contribution in [3.8, 4) is 0 Å². The van der Waals surface area contributed by atoms with Gasteiger partial charge < -0.3 is 10.2 Å². The second-order valence-corrected chi connectivity index (χ2v) is 6.53. The van der Waals surface area contributed by atoms with Gasteiger partial charge in [-0.2, -0.15) is 0 Å². The Morgan fingerprint density at radius 2 is 2.00 bits per heavy atom. The third kappa shape index (κ3) is 3.71. The molecule has 1 N–H and O–H groups in total. The molecule has 0 radical (unpaired) electrons. The maximum absolute atomic E-state index is 4.60. The van der Waals surface area contributed by atoms with E-state index in [9.17, 15) is 0 Å². The summed E-state index contributed by atoms with van der Waals surface area (Å²) >= 11 is 0. The summed E-state index contributed by atoms with van der Waals surface area (Å²) in [7, 11) is 0. The Labute approximate surface area is 127 Å². The largest absolute Gasteiger partial charge is 0.354 e. The van der Waals surface area contributed by atoms with Crippen LogP contribution in [-0.4, -0.2) is 53.1 Å². The lowest BCUT2D eigenvalue weighted by atomic mass is 10.2. The number of hydrogen-bond donors (Lipinski definition) is 1. The first-order valence-electron chi connectivity index (χ1n) is 8.25. The fraction of sp³-hybridized carbons (Fsp3) is 0.750. The number of nitrogens with zero attached hydrogens (tertiary/aromatic N) is 4. The molecule has 5 nitrogen and oxygen atoms in total. The van der Waals surface area contributed by atoms with E-state index in [0.29, 0.717) is 6.04 Å². The van der Waals surface area contributed by atoms with Crippen molar-refractivity contribution in [2.45, 2.75) is 51.7 Å². The van der Waals surface area contributed by atoms with Crippen molar-refractivity contribution in [1.82, 2.24) is 20.2 Å². The third-order valence-corrected chi connectivity index (χ3v) is 4.53. The molecular weight excluding hydrogens is 262 g/mol. The molecule has 0 bridgehead atoms. The summed E-state index contributed by atoms with van der Waals surface area (Å²) in [6, 6.07) is 1.20. The average molecular weight is 289 g/mol. The first kappa shape index (κ1) is 14.7. The van der Waals surface area contributed by atoms with Crippen LogP contribution in [0.4, 0.5) is 5.82 Å². The Bertz CT molecular complexity index is 438. The van der Waals surface area contributed by atoms with Gasteiger partial charge in [-0.1, -0.05) is 13.8 Å². The van der Waals surface area contributed by atoms with E-state index in [1.54, 1.807) is 0 Å². The van der Waals surface area contributed by atoms with Crippen LogP contribution < -0.4 is 10.2 Å². The predicted octanol–water partition coefficient (Wildman–Crippen LogP) is 1.65. The van der Waals surface area contributed by atoms with E-state index in [-0.39, 0.29) is 0 Å². The van der Waals surface area contributed by atoms with Gasteiger partial charge in [0, 0.05) is 31.7 Å². The average Bonchev–Trinajstić information content (AvgIpc) is 3.16. The number of likely N-dealkylation sites (tertiary alicyclic amines) is 1. The van der Waals surface area contributed by atoms with Gasteiger partial charge in [0.05, 0.1) is 18.1 Å². The lowest BCUT2D eigenvalue weighted by molar-refractivity contribution is 0.260. The van der Waals surface area contributed by atoms with Crippen LogP contribution in [-0.2, 0) is 6.54 Å². The van der Waals surface area contributed by atoms with Gasteiger partial charge in [0.2, 0.25) is 0 Å². The van der Waals surface area contributed by atoms with Crippen LogP contribution in [0.5, 0.6) is 0 Å². The molecule has 2 aliphatic heterocycles. The van der Waals surface area contributed by atoms with Gasteiger partial charge in [-0.15, -0.1) is 0 Å². The highest BCUT2D eigenvalue weighted by Crippen LogP contribution is 2.23. The number of anilines is 1. The molecule has 1 aromatic heterocycles. The Morgan fingerprint density at radius 3 is 2.67 bits per heavy atom. The number of rotatable bonds is 5. The number of nitrogens with one attached hydrogen (secondary N) is 1. The van der Waals surface area contributed by atoms with Crippen LogP contribution >= 0.6 is 0 Å². The van der Waals surface area contributed by atoms with Gasteiger partial charge in [-0.3, -0.25) is 9.88 Å². The lowest BCUT2D eigenvalue weighted by Crippen LogP contribution is -2.35. The summed E-state index contributed by atoms with van der Waals surface area (Å²) in [6.07, 6.45) is 7.84. The molecular formula is C16H27N5. The zero-order chi connectivity index (χ0) is 14.7. The molecule has 1 atom stereocenters. The molecule has 3 heterocycles. The molecule has 116 valence electrons. The van der Waals surface area contributed by atoms with Crippen LogP contribution in [0.25, 0.3) is 0 Å². The lowest BCUT2D eigenvalue weighted by Gasteiger charge is -2.23. The molecule has 0 aliphatic carbocycles. The monoisotopic (exact) mass is 289 g/mol. The van der Waals surface area contributed by atoms with Gasteiger partial charge in [-0.05, 0) is 32.4 Å². The topological polar surface area (TPSA) is 44.3 Å². The van der Waals surface area contributed by atoms with E-state index in [2.05, 4.69) is 38.9 Å². The molecule has 3 rings (SSSR count). The second kappa shape index (κ2) is 6.71. The Kier molecular flexibility index (Phi) is 4.70. The van der Waals surface area contributed by atoms with Crippen molar-refractivity contribution >= 4 is 5.82 Å². The first-order valence-corrected chi connectivity index (χ1v) is 8.25. The molecule has 1 unspecified atom stereocenters. The van der Waals surface area contributed by atoms with Crippen LogP contribution in [0.2, 0.25) is 0 Å². The van der Waals surface area contributed by atoms with E-state index < -0.39 is 0 Å². The van der Waals surface area contributed by atoms with E-state index in [1.165, 1.54) is 32.4 Å². The standard InChI is InChI=1S/C16H27N5/c1-13(2)17-9-14-10-19-16(11-18-14)21-8-5-15(12-21)20-6-3-4-7-20/h10-11,13,15,17H,3-9,12H2,1-2H3. The van der Waals surface area contributed by atoms with Crippen molar-refractivity contribution in [3.05, 3.63) is 18.1 Å². The molecule has 0 amide bonds. The van der Waals surface area contributed by atoms with Crippen LogP contribution in [0.15, 0.2) is 12.4 Å². The molecule has 2 saturated heterocycles. The highest BCUT2D eigenvalue weighted by Gasteiger charge is 2.29. The van der Waals surface area contributed by atoms with E-state index in [4.69, 9.17) is 0 Å². The Hall–Kier alpha value is -1.20. The van der Waals surface area contributed by atoms with Gasteiger partial charge in [0.1, 0.15) is 5.82 Å². The van der Waals surface area contributed by atoms with Crippen molar-refractivity contribution in [3.63, 3.8) is 0 Å². The van der Waals surface area contributed by atoms with Crippen molar-refractivity contribution < 1.29 is 0 Å². The maximum atomic E-state index is 4.60. The highest BCUT2D eigenvalue weighted by molar-refractivity contribution is 5.37. The molecule has 0 aromatic carbocycles. The molecule has 1 aromatic rings. The smallest absolute Gasteiger partial charge is 0.147 e. The zero-order valence-corrected chi connectivity index (χ0v) is 13.3. The van der Waals surface area contributed by atoms with E-state index in [1.807, 2.05) is 12.4 Å². The molecule has 5 heteroatoms. The van der Waals surface area contributed by atoms with Gasteiger partial charge >= 0.3 is 0 Å². The minimum Gasteiger partial charge on any atom is -0.354 e. The normalized spacial score (nSPS) is 23.4. The van der Waals surface area contributed by atoms with Crippen LogP contribution in [0, 0.1) is 0 Å².